The van der Waals surface area contributed by atoms with Gasteiger partial charge in [0.25, 0.3) is 0 Å². The average molecular weight is 646 g/mol. The van der Waals surface area contributed by atoms with E-state index in [4.69, 9.17) is 11.1 Å². The van der Waals surface area contributed by atoms with E-state index in [0.717, 1.165) is 36.8 Å². The largest absolute Gasteiger partial charge is 0.384 e. The number of benzene rings is 3. The summed E-state index contributed by atoms with van der Waals surface area (Å²) in [5, 5.41) is 10.5. The first-order valence-corrected chi connectivity index (χ1v) is 17.4. The monoisotopic (exact) mass is 645 g/mol. The summed E-state index contributed by atoms with van der Waals surface area (Å²) in [4.78, 5) is 27.4. The first-order valence-electron chi connectivity index (χ1n) is 15.9. The molecular formula is C36H47N5O4S. The van der Waals surface area contributed by atoms with Gasteiger partial charge in [-0.1, -0.05) is 75.4 Å². The average Bonchev–Trinajstić information content (AvgIpc) is 3.04. The molecule has 1 atom stereocenters. The molecule has 0 saturated carbocycles. The van der Waals surface area contributed by atoms with Crippen molar-refractivity contribution in [3.63, 3.8) is 0 Å². The molecular weight excluding hydrogens is 598 g/mol. The van der Waals surface area contributed by atoms with E-state index >= 15 is 0 Å². The standard InChI is InChI=1S/C36H47N5O4S/c1-36(2,3)30-16-14-27(15-17-30)28-10-7-12-31(24-28)46(44,45)40-32(23-26-9-5-11-29(22-26)34(37)38)35(43)41-20-18-25(19-21-41)8-6-13-33(42)39-4/h5,7,9-12,14-17,22,24-25,32,40H,6,8,13,18-21,23H2,1-4H3,(H3,37,38)(H,39,42)/t32-/m1/s1. The lowest BCUT2D eigenvalue weighted by molar-refractivity contribution is -0.134. The Balaban J connectivity index is 1.54. The van der Waals surface area contributed by atoms with E-state index < -0.39 is 16.1 Å². The van der Waals surface area contributed by atoms with Crippen LogP contribution < -0.4 is 15.8 Å². The SMILES string of the molecule is CNC(=O)CCCC1CCN(C(=O)[C@@H](Cc2cccc(C(=N)N)c2)NS(=O)(=O)c2cccc(-c3ccc(C(C)(C)C)cc3)c2)CC1. The Morgan fingerprint density at radius 2 is 1.65 bits per heavy atom. The number of nitrogen functional groups attached to an aromatic ring is 1. The first kappa shape index (κ1) is 34.8. The van der Waals surface area contributed by atoms with Gasteiger partial charge in [0.15, 0.2) is 0 Å². The summed E-state index contributed by atoms with van der Waals surface area (Å²) in [6.45, 7) is 7.48. The molecule has 3 aromatic rings. The third kappa shape index (κ3) is 9.26. The number of hydrogen-bond donors (Lipinski definition) is 4. The number of amides is 2. The van der Waals surface area contributed by atoms with Crippen molar-refractivity contribution >= 4 is 27.7 Å². The van der Waals surface area contributed by atoms with Gasteiger partial charge >= 0.3 is 0 Å². The lowest BCUT2D eigenvalue weighted by Gasteiger charge is -2.34. The van der Waals surface area contributed by atoms with Gasteiger partial charge < -0.3 is 16.0 Å². The van der Waals surface area contributed by atoms with Crippen molar-refractivity contribution in [2.75, 3.05) is 20.1 Å². The van der Waals surface area contributed by atoms with Crippen LogP contribution in [0.25, 0.3) is 11.1 Å². The molecule has 1 heterocycles. The van der Waals surface area contributed by atoms with Gasteiger partial charge in [0.1, 0.15) is 11.9 Å². The number of nitrogens with two attached hydrogens (primary N) is 1. The lowest BCUT2D eigenvalue weighted by Crippen LogP contribution is -2.51. The van der Waals surface area contributed by atoms with Crippen LogP contribution in [0.2, 0.25) is 0 Å². The van der Waals surface area contributed by atoms with E-state index in [1.807, 2.05) is 24.3 Å². The van der Waals surface area contributed by atoms with Crippen molar-refractivity contribution in [2.24, 2.45) is 11.7 Å². The van der Waals surface area contributed by atoms with Crippen LogP contribution in [0, 0.1) is 11.3 Å². The molecule has 3 aromatic carbocycles. The summed E-state index contributed by atoms with van der Waals surface area (Å²) < 4.78 is 30.4. The normalized spacial score (nSPS) is 14.9. The number of likely N-dealkylation sites (tertiary alicyclic amines) is 1. The van der Waals surface area contributed by atoms with Crippen LogP contribution in [0.5, 0.6) is 0 Å². The highest BCUT2D eigenvalue weighted by atomic mass is 32.2. The van der Waals surface area contributed by atoms with Crippen molar-refractivity contribution < 1.29 is 18.0 Å². The number of sulfonamides is 1. The Morgan fingerprint density at radius 1 is 0.978 bits per heavy atom. The van der Waals surface area contributed by atoms with E-state index in [1.165, 1.54) is 11.6 Å². The molecule has 9 nitrogen and oxygen atoms in total. The van der Waals surface area contributed by atoms with Crippen LogP contribution in [-0.2, 0) is 31.4 Å². The number of carbonyl (C=O) groups is 2. The van der Waals surface area contributed by atoms with Crippen LogP contribution >= 0.6 is 0 Å². The summed E-state index contributed by atoms with van der Waals surface area (Å²) in [5.41, 5.74) is 9.76. The Bertz CT molecular complexity index is 1640. The number of amidine groups is 1. The summed E-state index contributed by atoms with van der Waals surface area (Å²) in [7, 11) is -2.45. The first-order chi connectivity index (χ1) is 21.8. The molecule has 4 rings (SSSR count). The number of carbonyl (C=O) groups excluding carboxylic acids is 2. The minimum Gasteiger partial charge on any atom is -0.384 e. The van der Waals surface area contributed by atoms with Gasteiger partial charge in [0, 0.05) is 32.1 Å². The predicted molar refractivity (Wildman–Crippen MR) is 183 cm³/mol. The second kappa shape index (κ2) is 15.0. The maximum Gasteiger partial charge on any atom is 0.241 e. The fourth-order valence-electron chi connectivity index (χ4n) is 5.88. The van der Waals surface area contributed by atoms with Gasteiger partial charge in [0.2, 0.25) is 21.8 Å². The molecule has 1 aliphatic heterocycles. The van der Waals surface area contributed by atoms with Gasteiger partial charge in [-0.2, -0.15) is 4.72 Å². The molecule has 0 aromatic heterocycles. The number of rotatable bonds is 12. The van der Waals surface area contributed by atoms with Gasteiger partial charge in [-0.05, 0) is 83.9 Å². The molecule has 1 saturated heterocycles. The minimum atomic E-state index is -4.09. The molecule has 1 fully saturated rings. The molecule has 246 valence electrons. The minimum absolute atomic E-state index is 0.00117. The Hall–Kier alpha value is -4.02. The smallest absolute Gasteiger partial charge is 0.241 e. The molecule has 1 aliphatic rings. The summed E-state index contributed by atoms with van der Waals surface area (Å²) >= 11 is 0. The number of nitrogens with one attached hydrogen (secondary N) is 3. The molecule has 10 heteroatoms. The lowest BCUT2D eigenvalue weighted by atomic mass is 9.86. The Kier molecular flexibility index (Phi) is 11.4. The van der Waals surface area contributed by atoms with Gasteiger partial charge in [-0.3, -0.25) is 15.0 Å². The van der Waals surface area contributed by atoms with E-state index in [1.54, 1.807) is 42.3 Å². The van der Waals surface area contributed by atoms with Crippen LogP contribution in [-0.4, -0.2) is 57.1 Å². The summed E-state index contributed by atoms with van der Waals surface area (Å²) in [6.07, 6.45) is 3.91. The van der Waals surface area contributed by atoms with Crippen LogP contribution in [0.1, 0.15) is 69.6 Å². The van der Waals surface area contributed by atoms with E-state index in [0.29, 0.717) is 36.6 Å². The Morgan fingerprint density at radius 3 is 2.28 bits per heavy atom. The number of piperidine rings is 1. The maximum absolute atomic E-state index is 14.0. The zero-order valence-corrected chi connectivity index (χ0v) is 28.1. The van der Waals surface area contributed by atoms with E-state index in [-0.39, 0.29) is 34.4 Å². The molecule has 0 spiro atoms. The number of hydrogen-bond acceptors (Lipinski definition) is 5. The molecule has 2 amide bonds. The highest BCUT2D eigenvalue weighted by molar-refractivity contribution is 7.89. The third-order valence-electron chi connectivity index (χ3n) is 8.72. The molecule has 46 heavy (non-hydrogen) atoms. The van der Waals surface area contributed by atoms with Gasteiger partial charge in [-0.25, -0.2) is 8.42 Å². The van der Waals surface area contributed by atoms with Gasteiger partial charge in [0.05, 0.1) is 4.90 Å². The van der Waals surface area contributed by atoms with Gasteiger partial charge in [-0.15, -0.1) is 0 Å². The highest BCUT2D eigenvalue weighted by Gasteiger charge is 2.32. The fraction of sp³-hybridized carbons (Fsp3) is 0.417. The number of nitrogens with zero attached hydrogens (tertiary/aromatic N) is 1. The van der Waals surface area contributed by atoms with Crippen molar-refractivity contribution in [3.05, 3.63) is 89.5 Å². The van der Waals surface area contributed by atoms with Crippen LogP contribution in [0.15, 0.2) is 77.7 Å². The topological polar surface area (TPSA) is 145 Å². The molecule has 0 unspecified atom stereocenters. The molecule has 0 aliphatic carbocycles. The maximum atomic E-state index is 14.0. The highest BCUT2D eigenvalue weighted by Crippen LogP contribution is 2.28. The second-order valence-corrected chi connectivity index (χ2v) is 14.9. The predicted octanol–water partition coefficient (Wildman–Crippen LogP) is 4.98. The second-order valence-electron chi connectivity index (χ2n) is 13.2. The van der Waals surface area contributed by atoms with E-state index in [9.17, 15) is 18.0 Å². The zero-order valence-electron chi connectivity index (χ0n) is 27.3. The molecule has 0 radical (unpaired) electrons. The summed E-state index contributed by atoms with van der Waals surface area (Å²) in [6, 6.07) is 20.8. The Labute approximate surface area is 273 Å². The summed E-state index contributed by atoms with van der Waals surface area (Å²) in [5.74, 6) is 0.0579. The zero-order chi connectivity index (χ0) is 33.5. The fourth-order valence-corrected chi connectivity index (χ4v) is 7.12. The molecule has 5 N–H and O–H groups in total. The van der Waals surface area contributed by atoms with E-state index in [2.05, 4.69) is 42.9 Å². The van der Waals surface area contributed by atoms with Crippen LogP contribution in [0.4, 0.5) is 0 Å². The van der Waals surface area contributed by atoms with Crippen molar-refractivity contribution in [1.82, 2.24) is 14.9 Å². The third-order valence-corrected chi connectivity index (χ3v) is 10.2. The molecule has 0 bridgehead atoms. The van der Waals surface area contributed by atoms with Crippen molar-refractivity contribution in [3.8, 4) is 11.1 Å². The van der Waals surface area contributed by atoms with Crippen LogP contribution in [0.3, 0.4) is 0 Å². The quantitative estimate of drug-likeness (QED) is 0.162. The van der Waals surface area contributed by atoms with Crippen molar-refractivity contribution in [1.29, 1.82) is 5.41 Å². The van der Waals surface area contributed by atoms with Crippen molar-refractivity contribution in [2.45, 2.75) is 75.6 Å².